The van der Waals surface area contributed by atoms with Crippen LogP contribution in [0, 0.1) is 0 Å². The first-order valence-electron chi connectivity index (χ1n) is 7.81. The van der Waals surface area contributed by atoms with E-state index in [1.54, 1.807) is 0 Å². The summed E-state index contributed by atoms with van der Waals surface area (Å²) in [5.74, 6) is 0.942. The molecule has 0 aliphatic carbocycles. The van der Waals surface area contributed by atoms with Crippen LogP contribution < -0.4 is 10.1 Å². The monoisotopic (exact) mass is 283 g/mol. The van der Waals surface area contributed by atoms with Gasteiger partial charge in [-0.25, -0.2) is 0 Å². The van der Waals surface area contributed by atoms with Gasteiger partial charge in [-0.2, -0.15) is 0 Å². The van der Waals surface area contributed by atoms with Crippen molar-refractivity contribution in [3.8, 4) is 16.9 Å². The Morgan fingerprint density at radius 1 is 1.00 bits per heavy atom. The van der Waals surface area contributed by atoms with Gasteiger partial charge in [0.2, 0.25) is 0 Å². The molecule has 0 aliphatic rings. The summed E-state index contributed by atoms with van der Waals surface area (Å²) in [6.45, 7) is 8.21. The maximum absolute atomic E-state index is 5.65. The second-order valence-corrected chi connectivity index (χ2v) is 5.24. The van der Waals surface area contributed by atoms with Crippen molar-refractivity contribution in [2.45, 2.75) is 33.2 Å². The average Bonchev–Trinajstić information content (AvgIpc) is 2.53. The van der Waals surface area contributed by atoms with E-state index < -0.39 is 0 Å². The molecule has 0 saturated carbocycles. The molecule has 0 amide bonds. The molecule has 0 heterocycles. The topological polar surface area (TPSA) is 21.3 Å². The van der Waals surface area contributed by atoms with E-state index in [4.69, 9.17) is 4.74 Å². The van der Waals surface area contributed by atoms with Crippen LogP contribution in [-0.4, -0.2) is 13.2 Å². The lowest BCUT2D eigenvalue weighted by Gasteiger charge is -2.17. The molecule has 0 radical (unpaired) electrons. The summed E-state index contributed by atoms with van der Waals surface area (Å²) >= 11 is 0. The Balaban J connectivity index is 2.25. The fourth-order valence-corrected chi connectivity index (χ4v) is 2.50. The van der Waals surface area contributed by atoms with Crippen LogP contribution in [0.1, 0.15) is 38.8 Å². The van der Waals surface area contributed by atoms with E-state index in [-0.39, 0.29) is 0 Å². The number of rotatable bonds is 7. The molecule has 2 aromatic rings. The van der Waals surface area contributed by atoms with Gasteiger partial charge in [0.1, 0.15) is 5.75 Å². The summed E-state index contributed by atoms with van der Waals surface area (Å²) in [4.78, 5) is 0. The van der Waals surface area contributed by atoms with Gasteiger partial charge < -0.3 is 10.1 Å². The predicted octanol–water partition coefficient (Wildman–Crippen LogP) is 4.81. The van der Waals surface area contributed by atoms with Crippen molar-refractivity contribution < 1.29 is 4.74 Å². The normalized spacial score (nSPS) is 12.1. The highest BCUT2D eigenvalue weighted by Gasteiger charge is 2.10. The highest BCUT2D eigenvalue weighted by Crippen LogP contribution is 2.29. The molecule has 0 bridgehead atoms. The lowest BCUT2D eigenvalue weighted by atomic mass is 9.95. The van der Waals surface area contributed by atoms with Crippen LogP contribution in [0.5, 0.6) is 5.75 Å². The van der Waals surface area contributed by atoms with Gasteiger partial charge in [0.05, 0.1) is 6.61 Å². The standard InChI is InChI=1S/C19H25NO/c1-4-14-21-17-12-10-16(11-13-17)19-9-7-6-8-18(19)15(3)20-5-2/h6-13,15,20H,4-5,14H2,1-3H3. The Bertz CT molecular complexity index is 548. The average molecular weight is 283 g/mol. The highest BCUT2D eigenvalue weighted by molar-refractivity contribution is 5.68. The van der Waals surface area contributed by atoms with E-state index in [1.807, 2.05) is 0 Å². The zero-order valence-electron chi connectivity index (χ0n) is 13.2. The van der Waals surface area contributed by atoms with Crippen LogP contribution in [-0.2, 0) is 0 Å². The molecular weight excluding hydrogens is 258 g/mol. The van der Waals surface area contributed by atoms with Gasteiger partial charge in [0.25, 0.3) is 0 Å². The summed E-state index contributed by atoms with van der Waals surface area (Å²) in [7, 11) is 0. The molecule has 112 valence electrons. The molecule has 0 spiro atoms. The third kappa shape index (κ3) is 4.08. The fraction of sp³-hybridized carbons (Fsp3) is 0.368. The van der Waals surface area contributed by atoms with Gasteiger partial charge in [-0.1, -0.05) is 50.2 Å². The minimum atomic E-state index is 0.349. The molecule has 1 atom stereocenters. The van der Waals surface area contributed by atoms with E-state index in [1.165, 1.54) is 16.7 Å². The summed E-state index contributed by atoms with van der Waals surface area (Å²) in [5, 5.41) is 3.49. The molecule has 2 rings (SSSR count). The van der Waals surface area contributed by atoms with Crippen LogP contribution >= 0.6 is 0 Å². The van der Waals surface area contributed by atoms with E-state index in [0.29, 0.717) is 6.04 Å². The summed E-state index contributed by atoms with van der Waals surface area (Å²) in [6, 6.07) is 17.3. The first kappa shape index (κ1) is 15.6. The van der Waals surface area contributed by atoms with Crippen molar-refractivity contribution in [3.05, 3.63) is 54.1 Å². The molecular formula is C19H25NO. The Morgan fingerprint density at radius 3 is 2.38 bits per heavy atom. The number of nitrogens with one attached hydrogen (secondary N) is 1. The smallest absolute Gasteiger partial charge is 0.119 e. The second-order valence-electron chi connectivity index (χ2n) is 5.24. The number of ether oxygens (including phenoxy) is 1. The molecule has 1 N–H and O–H groups in total. The highest BCUT2D eigenvalue weighted by atomic mass is 16.5. The predicted molar refractivity (Wildman–Crippen MR) is 89.8 cm³/mol. The van der Waals surface area contributed by atoms with Crippen molar-refractivity contribution in [1.29, 1.82) is 0 Å². The van der Waals surface area contributed by atoms with E-state index in [2.05, 4.69) is 74.6 Å². The van der Waals surface area contributed by atoms with Crippen molar-refractivity contribution in [2.24, 2.45) is 0 Å². The van der Waals surface area contributed by atoms with Crippen molar-refractivity contribution in [3.63, 3.8) is 0 Å². The van der Waals surface area contributed by atoms with Crippen LogP contribution in [0.15, 0.2) is 48.5 Å². The number of hydrogen-bond donors (Lipinski definition) is 1. The Morgan fingerprint density at radius 2 is 1.71 bits per heavy atom. The molecule has 2 aromatic carbocycles. The van der Waals surface area contributed by atoms with Gasteiger partial charge in [0.15, 0.2) is 0 Å². The van der Waals surface area contributed by atoms with Gasteiger partial charge in [0, 0.05) is 6.04 Å². The summed E-state index contributed by atoms with van der Waals surface area (Å²) in [5.41, 5.74) is 3.86. The third-order valence-corrected chi connectivity index (χ3v) is 3.58. The molecule has 2 heteroatoms. The molecule has 2 nitrogen and oxygen atoms in total. The van der Waals surface area contributed by atoms with Crippen LogP contribution in [0.3, 0.4) is 0 Å². The quantitative estimate of drug-likeness (QED) is 0.787. The van der Waals surface area contributed by atoms with Gasteiger partial charge in [-0.3, -0.25) is 0 Å². The lowest BCUT2D eigenvalue weighted by Crippen LogP contribution is -2.18. The van der Waals surface area contributed by atoms with Gasteiger partial charge in [-0.05, 0) is 48.7 Å². The fourth-order valence-electron chi connectivity index (χ4n) is 2.50. The van der Waals surface area contributed by atoms with E-state index in [9.17, 15) is 0 Å². The molecule has 0 fully saturated rings. The molecule has 0 aromatic heterocycles. The maximum atomic E-state index is 5.65. The van der Waals surface area contributed by atoms with E-state index in [0.717, 1.165) is 25.3 Å². The van der Waals surface area contributed by atoms with Crippen molar-refractivity contribution in [1.82, 2.24) is 5.32 Å². The Hall–Kier alpha value is -1.80. The molecule has 0 saturated heterocycles. The second kappa shape index (κ2) is 7.84. The van der Waals surface area contributed by atoms with Crippen molar-refractivity contribution in [2.75, 3.05) is 13.2 Å². The first-order valence-corrected chi connectivity index (χ1v) is 7.81. The Kier molecular flexibility index (Phi) is 5.82. The minimum Gasteiger partial charge on any atom is -0.494 e. The lowest BCUT2D eigenvalue weighted by molar-refractivity contribution is 0.317. The zero-order chi connectivity index (χ0) is 15.1. The first-order chi connectivity index (χ1) is 10.3. The molecule has 21 heavy (non-hydrogen) atoms. The minimum absolute atomic E-state index is 0.349. The number of benzene rings is 2. The maximum Gasteiger partial charge on any atom is 0.119 e. The van der Waals surface area contributed by atoms with Crippen LogP contribution in [0.25, 0.3) is 11.1 Å². The summed E-state index contributed by atoms with van der Waals surface area (Å²) in [6.07, 6.45) is 1.03. The zero-order valence-corrected chi connectivity index (χ0v) is 13.2. The SMILES string of the molecule is CCCOc1ccc(-c2ccccc2C(C)NCC)cc1. The molecule has 1 unspecified atom stereocenters. The van der Waals surface area contributed by atoms with Crippen LogP contribution in [0.2, 0.25) is 0 Å². The third-order valence-electron chi connectivity index (χ3n) is 3.58. The van der Waals surface area contributed by atoms with E-state index >= 15 is 0 Å². The molecule has 0 aliphatic heterocycles. The van der Waals surface area contributed by atoms with Crippen LogP contribution in [0.4, 0.5) is 0 Å². The summed E-state index contributed by atoms with van der Waals surface area (Å²) < 4.78 is 5.65. The van der Waals surface area contributed by atoms with Crippen molar-refractivity contribution >= 4 is 0 Å². The van der Waals surface area contributed by atoms with Gasteiger partial charge >= 0.3 is 0 Å². The largest absolute Gasteiger partial charge is 0.494 e. The van der Waals surface area contributed by atoms with Gasteiger partial charge in [-0.15, -0.1) is 0 Å². The number of hydrogen-bond acceptors (Lipinski definition) is 2. The Labute approximate surface area is 128 Å².